The van der Waals surface area contributed by atoms with Gasteiger partial charge in [0.25, 0.3) is 0 Å². The third-order valence-electron chi connectivity index (χ3n) is 3.07. The molecular formula is C15H10BrClO. The molecule has 0 amide bonds. The standard InChI is InChI=1S/C15H10BrClO/c1-18-15-8-13-10(6-14(15)16)3-2-9-4-5-11(17)7-12(9)13/h2-8H,1H3. The monoisotopic (exact) mass is 320 g/mol. The number of halogens is 2. The number of methoxy groups -OCH3 is 1. The van der Waals surface area contributed by atoms with Crippen LogP contribution >= 0.6 is 27.5 Å². The Bertz CT molecular complexity index is 752. The van der Waals surface area contributed by atoms with Crippen LogP contribution in [0.3, 0.4) is 0 Å². The summed E-state index contributed by atoms with van der Waals surface area (Å²) in [6.07, 6.45) is 0. The lowest BCUT2D eigenvalue weighted by Crippen LogP contribution is -1.86. The average molecular weight is 322 g/mol. The molecule has 0 spiro atoms. The fraction of sp³-hybridized carbons (Fsp3) is 0.0667. The Kier molecular flexibility index (Phi) is 2.92. The number of hydrogen-bond donors (Lipinski definition) is 0. The Morgan fingerprint density at radius 1 is 0.944 bits per heavy atom. The fourth-order valence-electron chi connectivity index (χ4n) is 2.18. The summed E-state index contributed by atoms with van der Waals surface area (Å²) in [4.78, 5) is 0. The first-order valence-corrected chi connectivity index (χ1v) is 6.71. The number of hydrogen-bond acceptors (Lipinski definition) is 1. The largest absolute Gasteiger partial charge is 0.496 e. The molecule has 18 heavy (non-hydrogen) atoms. The minimum absolute atomic E-state index is 0.747. The third kappa shape index (κ3) is 1.86. The molecule has 0 unspecified atom stereocenters. The van der Waals surface area contributed by atoms with E-state index in [1.165, 1.54) is 5.39 Å². The van der Waals surface area contributed by atoms with E-state index in [2.05, 4.69) is 34.1 Å². The van der Waals surface area contributed by atoms with Gasteiger partial charge in [0.1, 0.15) is 5.75 Å². The van der Waals surface area contributed by atoms with Gasteiger partial charge in [-0.15, -0.1) is 0 Å². The van der Waals surface area contributed by atoms with Gasteiger partial charge in [0.2, 0.25) is 0 Å². The molecule has 3 rings (SSSR count). The second-order valence-corrected chi connectivity index (χ2v) is 5.43. The van der Waals surface area contributed by atoms with Crippen LogP contribution in [0.2, 0.25) is 5.02 Å². The smallest absolute Gasteiger partial charge is 0.133 e. The van der Waals surface area contributed by atoms with Crippen molar-refractivity contribution in [2.24, 2.45) is 0 Å². The van der Waals surface area contributed by atoms with Crippen molar-refractivity contribution in [3.05, 3.63) is 52.0 Å². The summed E-state index contributed by atoms with van der Waals surface area (Å²) in [6, 6.07) is 14.2. The molecule has 0 aliphatic heterocycles. The SMILES string of the molecule is COc1cc2c(ccc3ccc(Cl)cc32)cc1Br. The summed E-state index contributed by atoms with van der Waals surface area (Å²) < 4.78 is 6.31. The Morgan fingerprint density at radius 2 is 1.61 bits per heavy atom. The van der Waals surface area contributed by atoms with Crippen LogP contribution in [0.5, 0.6) is 5.75 Å². The maximum atomic E-state index is 6.08. The molecule has 0 heterocycles. The van der Waals surface area contributed by atoms with Gasteiger partial charge in [-0.05, 0) is 61.7 Å². The zero-order valence-electron chi connectivity index (χ0n) is 9.71. The quantitative estimate of drug-likeness (QED) is 0.544. The van der Waals surface area contributed by atoms with Crippen LogP contribution in [0.15, 0.2) is 46.9 Å². The van der Waals surface area contributed by atoms with Crippen molar-refractivity contribution in [1.82, 2.24) is 0 Å². The van der Waals surface area contributed by atoms with Crippen molar-refractivity contribution < 1.29 is 4.74 Å². The predicted molar refractivity (Wildman–Crippen MR) is 80.7 cm³/mol. The van der Waals surface area contributed by atoms with Gasteiger partial charge in [-0.3, -0.25) is 0 Å². The van der Waals surface area contributed by atoms with Crippen LogP contribution in [-0.4, -0.2) is 7.11 Å². The Balaban J connectivity index is 2.48. The first-order valence-electron chi connectivity index (χ1n) is 5.54. The van der Waals surface area contributed by atoms with Gasteiger partial charge in [0, 0.05) is 5.02 Å². The lowest BCUT2D eigenvalue weighted by Gasteiger charge is -2.08. The van der Waals surface area contributed by atoms with E-state index >= 15 is 0 Å². The molecule has 0 aliphatic rings. The number of ether oxygens (including phenoxy) is 1. The van der Waals surface area contributed by atoms with Crippen LogP contribution in [0, 0.1) is 0 Å². The van der Waals surface area contributed by atoms with E-state index in [-0.39, 0.29) is 0 Å². The van der Waals surface area contributed by atoms with Crippen LogP contribution in [0.1, 0.15) is 0 Å². The Hall–Kier alpha value is -1.25. The molecule has 0 N–H and O–H groups in total. The van der Waals surface area contributed by atoms with E-state index < -0.39 is 0 Å². The average Bonchev–Trinajstić information content (AvgIpc) is 2.37. The van der Waals surface area contributed by atoms with Gasteiger partial charge in [-0.2, -0.15) is 0 Å². The second-order valence-electron chi connectivity index (χ2n) is 4.14. The van der Waals surface area contributed by atoms with Crippen LogP contribution in [0.25, 0.3) is 21.5 Å². The molecule has 90 valence electrons. The van der Waals surface area contributed by atoms with Crippen LogP contribution in [0.4, 0.5) is 0 Å². The molecule has 0 atom stereocenters. The van der Waals surface area contributed by atoms with Gasteiger partial charge in [-0.25, -0.2) is 0 Å². The minimum Gasteiger partial charge on any atom is -0.496 e. The van der Waals surface area contributed by atoms with Crippen molar-refractivity contribution in [2.45, 2.75) is 0 Å². The number of benzene rings is 3. The van der Waals surface area contributed by atoms with Crippen molar-refractivity contribution in [2.75, 3.05) is 7.11 Å². The van der Waals surface area contributed by atoms with Crippen molar-refractivity contribution in [1.29, 1.82) is 0 Å². The maximum absolute atomic E-state index is 6.08. The molecule has 1 nitrogen and oxygen atoms in total. The highest BCUT2D eigenvalue weighted by Gasteiger charge is 2.06. The fourth-order valence-corrected chi connectivity index (χ4v) is 2.88. The summed E-state index contributed by atoms with van der Waals surface area (Å²) in [6.45, 7) is 0. The zero-order valence-corrected chi connectivity index (χ0v) is 12.0. The summed E-state index contributed by atoms with van der Waals surface area (Å²) in [5.41, 5.74) is 0. The van der Waals surface area contributed by atoms with Crippen molar-refractivity contribution >= 4 is 49.1 Å². The van der Waals surface area contributed by atoms with Crippen molar-refractivity contribution in [3.8, 4) is 5.75 Å². The molecule has 0 aliphatic carbocycles. The molecule has 3 aromatic carbocycles. The summed E-state index contributed by atoms with van der Waals surface area (Å²) >= 11 is 9.59. The van der Waals surface area contributed by atoms with Gasteiger partial charge in [0.05, 0.1) is 11.6 Å². The highest BCUT2D eigenvalue weighted by molar-refractivity contribution is 9.10. The normalized spacial score (nSPS) is 11.1. The highest BCUT2D eigenvalue weighted by atomic mass is 79.9. The van der Waals surface area contributed by atoms with Crippen LogP contribution < -0.4 is 4.74 Å². The van der Waals surface area contributed by atoms with Gasteiger partial charge >= 0.3 is 0 Å². The summed E-state index contributed by atoms with van der Waals surface area (Å²) in [5, 5.41) is 5.38. The van der Waals surface area contributed by atoms with Gasteiger partial charge in [-0.1, -0.05) is 29.8 Å². The van der Waals surface area contributed by atoms with E-state index in [9.17, 15) is 0 Å². The molecule has 3 heteroatoms. The topological polar surface area (TPSA) is 9.23 Å². The van der Waals surface area contributed by atoms with E-state index in [1.807, 2.05) is 24.3 Å². The third-order valence-corrected chi connectivity index (χ3v) is 3.93. The summed E-state index contributed by atoms with van der Waals surface area (Å²) in [7, 11) is 1.67. The Labute approximate surface area is 118 Å². The van der Waals surface area contributed by atoms with E-state index in [1.54, 1.807) is 7.11 Å². The minimum atomic E-state index is 0.747. The van der Waals surface area contributed by atoms with E-state index in [0.717, 1.165) is 31.4 Å². The van der Waals surface area contributed by atoms with Crippen molar-refractivity contribution in [3.63, 3.8) is 0 Å². The van der Waals surface area contributed by atoms with Gasteiger partial charge < -0.3 is 4.74 Å². The maximum Gasteiger partial charge on any atom is 0.133 e. The molecule has 0 saturated carbocycles. The Morgan fingerprint density at radius 3 is 2.39 bits per heavy atom. The lowest BCUT2D eigenvalue weighted by atomic mass is 10.0. The highest BCUT2D eigenvalue weighted by Crippen LogP contribution is 2.34. The van der Waals surface area contributed by atoms with Gasteiger partial charge in [0.15, 0.2) is 0 Å². The first kappa shape index (κ1) is 11.8. The molecule has 0 bridgehead atoms. The predicted octanol–water partition coefficient (Wildman–Crippen LogP) is 5.42. The molecule has 3 aromatic rings. The molecular weight excluding hydrogens is 312 g/mol. The molecule has 0 radical (unpaired) electrons. The van der Waals surface area contributed by atoms with Crippen LogP contribution in [-0.2, 0) is 0 Å². The zero-order chi connectivity index (χ0) is 12.7. The lowest BCUT2D eigenvalue weighted by molar-refractivity contribution is 0.413. The molecule has 0 aromatic heterocycles. The molecule has 0 fully saturated rings. The van der Waals surface area contributed by atoms with E-state index in [4.69, 9.17) is 16.3 Å². The first-order chi connectivity index (χ1) is 8.69. The summed E-state index contributed by atoms with van der Waals surface area (Å²) in [5.74, 6) is 0.829. The molecule has 0 saturated heterocycles. The number of rotatable bonds is 1. The second kappa shape index (κ2) is 4.45. The number of fused-ring (bicyclic) bond motifs is 3. The van der Waals surface area contributed by atoms with E-state index in [0.29, 0.717) is 0 Å².